The fraction of sp³-hybridized carbons (Fsp3) is 0.292. The highest BCUT2D eigenvalue weighted by Crippen LogP contribution is 2.26. The van der Waals surface area contributed by atoms with Crippen LogP contribution in [0.15, 0.2) is 65.3 Å². The van der Waals surface area contributed by atoms with Gasteiger partial charge < -0.3 is 13.7 Å². The van der Waals surface area contributed by atoms with Crippen LogP contribution in [-0.4, -0.2) is 16.2 Å². The van der Waals surface area contributed by atoms with E-state index in [4.69, 9.17) is 14.1 Å². The number of aromatic nitrogens is 2. The second-order valence-corrected chi connectivity index (χ2v) is 7.43. The van der Waals surface area contributed by atoms with Crippen LogP contribution >= 0.6 is 0 Å². The molecule has 2 heterocycles. The van der Waals surface area contributed by atoms with Crippen molar-refractivity contribution >= 4 is 11.0 Å². The minimum Gasteiger partial charge on any atom is -0.493 e. The van der Waals surface area contributed by atoms with Crippen LogP contribution in [0.25, 0.3) is 22.6 Å². The molecule has 0 aliphatic heterocycles. The van der Waals surface area contributed by atoms with Gasteiger partial charge in [-0.1, -0.05) is 38.1 Å². The lowest BCUT2D eigenvalue weighted by Gasteiger charge is -2.13. The fourth-order valence-corrected chi connectivity index (χ4v) is 3.43. The van der Waals surface area contributed by atoms with E-state index in [0.29, 0.717) is 12.5 Å². The van der Waals surface area contributed by atoms with Crippen LogP contribution in [0.4, 0.5) is 0 Å². The highest BCUT2D eigenvalue weighted by atomic mass is 16.5. The summed E-state index contributed by atoms with van der Waals surface area (Å²) in [6.45, 7) is 7.98. The maximum Gasteiger partial charge on any atom is 0.177 e. The monoisotopic (exact) mass is 374 g/mol. The van der Waals surface area contributed by atoms with E-state index in [2.05, 4.69) is 49.6 Å². The van der Waals surface area contributed by atoms with Gasteiger partial charge in [-0.2, -0.15) is 0 Å². The first-order valence-electron chi connectivity index (χ1n) is 9.86. The summed E-state index contributed by atoms with van der Waals surface area (Å²) < 4.78 is 13.9. The molecular weight excluding hydrogens is 348 g/mol. The van der Waals surface area contributed by atoms with Gasteiger partial charge >= 0.3 is 0 Å². The Balaban J connectivity index is 1.49. The van der Waals surface area contributed by atoms with Crippen LogP contribution in [0, 0.1) is 6.92 Å². The molecule has 4 nitrogen and oxygen atoms in total. The van der Waals surface area contributed by atoms with Crippen molar-refractivity contribution in [2.75, 3.05) is 6.61 Å². The van der Waals surface area contributed by atoms with Crippen molar-refractivity contribution in [3.63, 3.8) is 0 Å². The van der Waals surface area contributed by atoms with Gasteiger partial charge in [-0.25, -0.2) is 4.98 Å². The highest BCUT2D eigenvalue weighted by molar-refractivity contribution is 5.79. The standard InChI is InChI=1S/C24H26N2O2/c1-17(2)19-12-11-18(3)23(16-19)28-15-7-13-26-21-9-5-4-8-20(21)25-24(26)22-10-6-14-27-22/h4-6,8-12,14,16-17H,7,13,15H2,1-3H3. The third-order valence-electron chi connectivity index (χ3n) is 5.06. The van der Waals surface area contributed by atoms with Gasteiger partial charge in [-0.15, -0.1) is 0 Å². The third kappa shape index (κ3) is 3.68. The second kappa shape index (κ2) is 7.93. The van der Waals surface area contributed by atoms with Crippen molar-refractivity contribution in [1.82, 2.24) is 9.55 Å². The quantitative estimate of drug-likeness (QED) is 0.362. The normalized spacial score (nSPS) is 11.4. The summed E-state index contributed by atoms with van der Waals surface area (Å²) in [4.78, 5) is 4.77. The van der Waals surface area contributed by atoms with Crippen molar-refractivity contribution < 1.29 is 9.15 Å². The van der Waals surface area contributed by atoms with Gasteiger partial charge in [-0.3, -0.25) is 0 Å². The minimum absolute atomic E-state index is 0.496. The number of aryl methyl sites for hydroxylation is 2. The summed E-state index contributed by atoms with van der Waals surface area (Å²) in [5.41, 5.74) is 4.58. The number of imidazole rings is 1. The highest BCUT2D eigenvalue weighted by Gasteiger charge is 2.14. The summed E-state index contributed by atoms with van der Waals surface area (Å²) >= 11 is 0. The van der Waals surface area contributed by atoms with Crippen LogP contribution in [0.2, 0.25) is 0 Å². The molecule has 0 spiro atoms. The Bertz CT molecular complexity index is 1060. The van der Waals surface area contributed by atoms with Gasteiger partial charge in [0.25, 0.3) is 0 Å². The lowest BCUT2D eigenvalue weighted by molar-refractivity contribution is 0.300. The van der Waals surface area contributed by atoms with Gasteiger partial charge in [0.1, 0.15) is 5.75 Å². The molecule has 0 saturated carbocycles. The minimum atomic E-state index is 0.496. The molecule has 0 aliphatic carbocycles. The molecule has 2 aromatic heterocycles. The number of benzene rings is 2. The zero-order valence-electron chi connectivity index (χ0n) is 16.7. The average Bonchev–Trinajstić information content (AvgIpc) is 3.34. The van der Waals surface area contributed by atoms with E-state index < -0.39 is 0 Å². The Morgan fingerprint density at radius 3 is 2.71 bits per heavy atom. The van der Waals surface area contributed by atoms with E-state index in [1.54, 1.807) is 6.26 Å². The zero-order valence-corrected chi connectivity index (χ0v) is 16.7. The van der Waals surface area contributed by atoms with E-state index in [1.165, 1.54) is 11.1 Å². The van der Waals surface area contributed by atoms with Gasteiger partial charge in [0.2, 0.25) is 0 Å². The molecular formula is C24H26N2O2. The van der Waals surface area contributed by atoms with Crippen LogP contribution in [0.1, 0.15) is 37.3 Å². The molecule has 0 bridgehead atoms. The van der Waals surface area contributed by atoms with E-state index in [-0.39, 0.29) is 0 Å². The van der Waals surface area contributed by atoms with E-state index >= 15 is 0 Å². The first kappa shape index (κ1) is 18.4. The molecule has 0 aliphatic rings. The van der Waals surface area contributed by atoms with Crippen LogP contribution < -0.4 is 4.74 Å². The summed E-state index contributed by atoms with van der Waals surface area (Å²) in [6, 6.07) is 18.5. The van der Waals surface area contributed by atoms with Gasteiger partial charge in [0, 0.05) is 6.54 Å². The molecule has 144 valence electrons. The first-order valence-corrected chi connectivity index (χ1v) is 9.86. The van der Waals surface area contributed by atoms with Crippen LogP contribution in [0.5, 0.6) is 5.75 Å². The van der Waals surface area contributed by atoms with E-state index in [1.807, 2.05) is 30.3 Å². The van der Waals surface area contributed by atoms with Crippen molar-refractivity contribution in [3.05, 3.63) is 72.0 Å². The largest absolute Gasteiger partial charge is 0.493 e. The predicted molar refractivity (Wildman–Crippen MR) is 113 cm³/mol. The molecule has 0 atom stereocenters. The Morgan fingerprint density at radius 1 is 1.07 bits per heavy atom. The second-order valence-electron chi connectivity index (χ2n) is 7.43. The smallest absolute Gasteiger partial charge is 0.177 e. The zero-order chi connectivity index (χ0) is 19.5. The molecule has 4 heteroatoms. The number of ether oxygens (including phenoxy) is 1. The maximum atomic E-state index is 6.11. The lowest BCUT2D eigenvalue weighted by Crippen LogP contribution is -2.06. The molecule has 0 amide bonds. The number of hydrogen-bond donors (Lipinski definition) is 0. The van der Waals surface area contributed by atoms with Gasteiger partial charge in [0.05, 0.1) is 23.9 Å². The topological polar surface area (TPSA) is 40.2 Å². The van der Waals surface area contributed by atoms with E-state index in [0.717, 1.165) is 41.3 Å². The number of rotatable bonds is 7. The Kier molecular flexibility index (Phi) is 5.20. The summed E-state index contributed by atoms with van der Waals surface area (Å²) in [5.74, 6) is 3.13. The number of furan rings is 1. The van der Waals surface area contributed by atoms with Crippen LogP contribution in [-0.2, 0) is 6.54 Å². The fourth-order valence-electron chi connectivity index (χ4n) is 3.43. The van der Waals surface area contributed by atoms with Crippen molar-refractivity contribution in [3.8, 4) is 17.3 Å². The number of fused-ring (bicyclic) bond motifs is 1. The molecule has 0 N–H and O–H groups in total. The molecule has 0 saturated heterocycles. The Morgan fingerprint density at radius 2 is 1.93 bits per heavy atom. The van der Waals surface area contributed by atoms with Crippen molar-refractivity contribution in [2.45, 2.75) is 39.7 Å². The molecule has 4 rings (SSSR count). The molecule has 0 unspecified atom stereocenters. The molecule has 28 heavy (non-hydrogen) atoms. The lowest BCUT2D eigenvalue weighted by atomic mass is 10.0. The van der Waals surface area contributed by atoms with Crippen molar-refractivity contribution in [2.24, 2.45) is 0 Å². The molecule has 0 radical (unpaired) electrons. The summed E-state index contributed by atoms with van der Waals surface area (Å²) in [5, 5.41) is 0. The first-order chi connectivity index (χ1) is 13.6. The Labute approximate surface area is 165 Å². The van der Waals surface area contributed by atoms with Crippen molar-refractivity contribution in [1.29, 1.82) is 0 Å². The number of nitrogens with zero attached hydrogens (tertiary/aromatic N) is 2. The molecule has 4 aromatic rings. The van der Waals surface area contributed by atoms with Gasteiger partial charge in [-0.05, 0) is 60.7 Å². The average molecular weight is 374 g/mol. The summed E-state index contributed by atoms with van der Waals surface area (Å²) in [6.07, 6.45) is 2.58. The SMILES string of the molecule is Cc1ccc(C(C)C)cc1OCCCn1c(-c2ccco2)nc2ccccc21. The van der Waals surface area contributed by atoms with Gasteiger partial charge in [0.15, 0.2) is 11.6 Å². The number of hydrogen-bond acceptors (Lipinski definition) is 3. The third-order valence-corrected chi connectivity index (χ3v) is 5.06. The molecule has 2 aromatic carbocycles. The van der Waals surface area contributed by atoms with E-state index in [9.17, 15) is 0 Å². The predicted octanol–water partition coefficient (Wildman–Crippen LogP) is 6.20. The summed E-state index contributed by atoms with van der Waals surface area (Å²) in [7, 11) is 0. The Hall–Kier alpha value is -3.01. The number of para-hydroxylation sites is 2. The molecule has 0 fully saturated rings. The maximum absolute atomic E-state index is 6.11. The van der Waals surface area contributed by atoms with Crippen LogP contribution in [0.3, 0.4) is 0 Å².